The molecule has 276 valence electrons. The van der Waals surface area contributed by atoms with Gasteiger partial charge in [-0.3, -0.25) is 14.4 Å². The number of nitrogens with one attached hydrogen (secondary N) is 1. The van der Waals surface area contributed by atoms with E-state index in [0.717, 1.165) is 0 Å². The van der Waals surface area contributed by atoms with Crippen molar-refractivity contribution in [1.29, 1.82) is 0 Å². The minimum absolute atomic E-state index is 0.0287. The summed E-state index contributed by atoms with van der Waals surface area (Å²) in [6.45, 7) is 19.3. The molecule has 0 unspecified atom stereocenters. The van der Waals surface area contributed by atoms with Gasteiger partial charge < -0.3 is 48.9 Å². The third kappa shape index (κ3) is 9.15. The Morgan fingerprint density at radius 1 is 1.10 bits per heavy atom. The average Bonchev–Trinajstić information content (AvgIpc) is 2.99. The van der Waals surface area contributed by atoms with Crippen LogP contribution < -0.4 is 5.32 Å². The number of hydrogen-bond acceptors (Lipinski definition) is 12. The number of carbonyl (C=O) groups excluding carboxylic acids is 3. The Hall–Kier alpha value is -2.13. The second kappa shape index (κ2) is 16.3. The molecule has 13 nitrogen and oxygen atoms in total. The Morgan fingerprint density at radius 3 is 2.33 bits per heavy atom. The van der Waals surface area contributed by atoms with Crippen molar-refractivity contribution in [1.82, 2.24) is 10.2 Å². The van der Waals surface area contributed by atoms with Gasteiger partial charge in [0.2, 0.25) is 5.91 Å². The van der Waals surface area contributed by atoms with E-state index >= 15 is 0 Å². The topological polar surface area (TPSA) is 162 Å². The van der Waals surface area contributed by atoms with E-state index in [4.69, 9.17) is 28.4 Å². The van der Waals surface area contributed by atoms with Gasteiger partial charge in [0.25, 0.3) is 0 Å². The van der Waals surface area contributed by atoms with E-state index < -0.39 is 83.7 Å². The Bertz CT molecular complexity index is 1150. The van der Waals surface area contributed by atoms with Gasteiger partial charge in [0.1, 0.15) is 17.8 Å². The second-order valence-electron chi connectivity index (χ2n) is 14.9. The molecule has 0 aromatic rings. The number of likely N-dealkylation sites (N-methyl/N-ethyl adjacent to an activating group) is 1. The molecule has 13 heteroatoms. The van der Waals surface area contributed by atoms with Crippen molar-refractivity contribution in [2.45, 2.75) is 148 Å². The third-order valence-electron chi connectivity index (χ3n) is 10.2. The van der Waals surface area contributed by atoms with Crippen LogP contribution in [-0.2, 0) is 42.8 Å². The molecule has 0 radical (unpaired) electrons. The predicted octanol–water partition coefficient (Wildman–Crippen LogP) is 2.35. The molecule has 14 atom stereocenters. The van der Waals surface area contributed by atoms with E-state index in [1.165, 1.54) is 13.8 Å². The summed E-state index contributed by atoms with van der Waals surface area (Å²) in [7, 11) is 3.78. The first-order valence-corrected chi connectivity index (χ1v) is 17.2. The zero-order valence-corrected chi connectivity index (χ0v) is 30.7. The molecule has 0 aromatic heterocycles. The molecule has 2 bridgehead atoms. The van der Waals surface area contributed by atoms with Gasteiger partial charge in [0.15, 0.2) is 12.4 Å². The van der Waals surface area contributed by atoms with E-state index in [1.807, 2.05) is 39.8 Å². The lowest BCUT2D eigenvalue weighted by Crippen LogP contribution is -2.61. The van der Waals surface area contributed by atoms with Gasteiger partial charge >= 0.3 is 11.9 Å². The highest BCUT2D eigenvalue weighted by Gasteiger charge is 2.52. The highest BCUT2D eigenvalue weighted by atomic mass is 16.7. The molecule has 4 heterocycles. The van der Waals surface area contributed by atoms with Gasteiger partial charge in [-0.2, -0.15) is 0 Å². The quantitative estimate of drug-likeness (QED) is 0.287. The lowest BCUT2D eigenvalue weighted by molar-refractivity contribution is -0.304. The van der Waals surface area contributed by atoms with E-state index in [0.29, 0.717) is 12.0 Å². The first-order valence-electron chi connectivity index (χ1n) is 17.2. The monoisotopic (exact) mass is 684 g/mol. The maximum atomic E-state index is 13.7. The van der Waals surface area contributed by atoms with Crippen molar-refractivity contribution in [2.24, 2.45) is 17.8 Å². The molecule has 1 amide bonds. The lowest BCUT2D eigenvalue weighted by atomic mass is 9.78. The SMILES string of the molecule is C=C1CO[C@@H]2[C@@H](C)C(=O)N[C@H](C)C[C@@](C)(OC1)[C@H](O[C@@H]1O[C@H](C)C[C@H](N(C)C)[C@H]1OC(C)=O)[C@@H](C)[C@H](O)[C@@H](C)C(=O)O[C@H](CC)[C@@]2(C)O. The second-order valence-corrected chi connectivity index (χ2v) is 14.9. The van der Waals surface area contributed by atoms with Crippen LogP contribution in [0.3, 0.4) is 0 Å². The van der Waals surface area contributed by atoms with Crippen LogP contribution in [0.1, 0.15) is 81.6 Å². The smallest absolute Gasteiger partial charge is 0.311 e. The normalized spacial score (nSPS) is 44.0. The van der Waals surface area contributed by atoms with Crippen molar-refractivity contribution in [2.75, 3.05) is 27.3 Å². The van der Waals surface area contributed by atoms with Crippen LogP contribution in [0.5, 0.6) is 0 Å². The number of esters is 2. The summed E-state index contributed by atoms with van der Waals surface area (Å²) in [5, 5.41) is 26.8. The molecule has 4 rings (SSSR count). The predicted molar refractivity (Wildman–Crippen MR) is 177 cm³/mol. The number of ether oxygens (including phenoxy) is 6. The molecule has 0 aromatic carbocycles. The summed E-state index contributed by atoms with van der Waals surface area (Å²) in [5.74, 6) is -4.29. The highest BCUT2D eigenvalue weighted by Crippen LogP contribution is 2.39. The number of aliphatic hydroxyl groups is 2. The molecule has 0 saturated carbocycles. The molecule has 3 N–H and O–H groups in total. The minimum Gasteiger partial charge on any atom is -0.459 e. The maximum Gasteiger partial charge on any atom is 0.311 e. The average molecular weight is 685 g/mol. The van der Waals surface area contributed by atoms with Gasteiger partial charge in [0, 0.05) is 18.9 Å². The summed E-state index contributed by atoms with van der Waals surface area (Å²) < 4.78 is 37.7. The van der Waals surface area contributed by atoms with E-state index in [2.05, 4.69) is 11.9 Å². The number of amides is 1. The number of rotatable bonds is 5. The minimum atomic E-state index is -1.78. The van der Waals surface area contributed by atoms with Crippen LogP contribution in [0.25, 0.3) is 0 Å². The van der Waals surface area contributed by atoms with Gasteiger partial charge in [-0.1, -0.05) is 27.4 Å². The van der Waals surface area contributed by atoms with Crippen LogP contribution in [0.4, 0.5) is 0 Å². The fourth-order valence-corrected chi connectivity index (χ4v) is 7.51. The van der Waals surface area contributed by atoms with E-state index in [1.54, 1.807) is 27.7 Å². The maximum absolute atomic E-state index is 13.7. The molecule has 0 aliphatic carbocycles. The van der Waals surface area contributed by atoms with Crippen molar-refractivity contribution in [3.05, 3.63) is 12.2 Å². The molecule has 4 aliphatic rings. The number of aliphatic hydroxyl groups excluding tert-OH is 1. The number of nitrogens with zero attached hydrogens (tertiary/aromatic N) is 1. The van der Waals surface area contributed by atoms with Crippen LogP contribution in [0.2, 0.25) is 0 Å². The molecule has 48 heavy (non-hydrogen) atoms. The van der Waals surface area contributed by atoms with Crippen molar-refractivity contribution in [3.63, 3.8) is 0 Å². The molecule has 4 saturated heterocycles. The van der Waals surface area contributed by atoms with Gasteiger partial charge in [0.05, 0.1) is 55.0 Å². The lowest BCUT2D eigenvalue weighted by Gasteiger charge is -2.48. The standard InChI is InChI=1S/C35H60N2O11/c1-13-26-35(10,42)30-23(7)31(40)36-19(3)15-34(9,44-17-18(2)16-43-30)29(21(5)27(39)22(6)32(41)47-26)48-33-28(46-24(8)38)25(37(11)12)14-20(4)45-33/h19-23,25-30,33,39,42H,2,13-17H2,1,3-12H3,(H,36,40)/t19-,20-,21+,22-,23-,25+,26-,27+,28-,29-,30-,33+,34-,35-/m1/s1. The van der Waals surface area contributed by atoms with Crippen LogP contribution in [0.15, 0.2) is 12.2 Å². The highest BCUT2D eigenvalue weighted by molar-refractivity contribution is 5.79. The summed E-state index contributed by atoms with van der Waals surface area (Å²) in [4.78, 5) is 41.7. The van der Waals surface area contributed by atoms with Gasteiger partial charge in [-0.15, -0.1) is 0 Å². The Labute approximate surface area is 286 Å². The number of fused-ring (bicyclic) bond motifs is 15. The first kappa shape index (κ1) is 40.3. The Kier molecular flexibility index (Phi) is 13.7. The molecule has 0 spiro atoms. The van der Waals surface area contributed by atoms with Crippen LogP contribution in [0, 0.1) is 17.8 Å². The third-order valence-corrected chi connectivity index (χ3v) is 10.2. The molecular formula is C35H60N2O11. The summed E-state index contributed by atoms with van der Waals surface area (Å²) >= 11 is 0. The molecular weight excluding hydrogens is 624 g/mol. The van der Waals surface area contributed by atoms with Gasteiger partial charge in [-0.25, -0.2) is 0 Å². The zero-order valence-electron chi connectivity index (χ0n) is 30.7. The van der Waals surface area contributed by atoms with E-state index in [-0.39, 0.29) is 44.1 Å². The van der Waals surface area contributed by atoms with Crippen LogP contribution >= 0.6 is 0 Å². The summed E-state index contributed by atoms with van der Waals surface area (Å²) in [5.41, 5.74) is -2.47. The Morgan fingerprint density at radius 2 is 1.75 bits per heavy atom. The van der Waals surface area contributed by atoms with Crippen molar-refractivity contribution < 1.29 is 53.0 Å². The Balaban J connectivity index is 2.22. The van der Waals surface area contributed by atoms with E-state index in [9.17, 15) is 24.6 Å². The van der Waals surface area contributed by atoms with Crippen LogP contribution in [-0.4, -0.2) is 126 Å². The molecule has 4 aliphatic heterocycles. The largest absolute Gasteiger partial charge is 0.459 e. The fraction of sp³-hybridized carbons (Fsp3) is 0.857. The van der Waals surface area contributed by atoms with Crippen molar-refractivity contribution >= 4 is 17.8 Å². The zero-order chi connectivity index (χ0) is 36.3. The van der Waals surface area contributed by atoms with Gasteiger partial charge in [-0.05, 0) is 73.5 Å². The number of hydrogen-bond donors (Lipinski definition) is 3. The summed E-state index contributed by atoms with van der Waals surface area (Å²) in [6, 6.07) is -0.724. The number of carbonyl (C=O) groups is 3. The first-order chi connectivity index (χ1) is 22.2. The fourth-order valence-electron chi connectivity index (χ4n) is 7.51. The van der Waals surface area contributed by atoms with Crippen molar-refractivity contribution in [3.8, 4) is 0 Å². The summed E-state index contributed by atoms with van der Waals surface area (Å²) in [6.07, 6.45) is -5.55. The molecule has 4 fully saturated rings.